The lowest BCUT2D eigenvalue weighted by Gasteiger charge is -2.45. The number of fused-ring (bicyclic) bond motifs is 1. The fraction of sp³-hybridized carbons (Fsp3) is 0.667. The summed E-state index contributed by atoms with van der Waals surface area (Å²) in [7, 11) is 4.51. The van der Waals surface area contributed by atoms with Gasteiger partial charge in [0.1, 0.15) is 5.66 Å². The molecule has 2 heteroatoms. The molecule has 0 radical (unpaired) electrons. The van der Waals surface area contributed by atoms with Gasteiger partial charge in [0.05, 0.1) is 0 Å². The summed E-state index contributed by atoms with van der Waals surface area (Å²) in [6.45, 7) is 2.38. The van der Waals surface area contributed by atoms with Gasteiger partial charge in [0, 0.05) is 18.5 Å². The maximum atomic E-state index is 2.51. The van der Waals surface area contributed by atoms with Crippen LogP contribution in [0.1, 0.15) is 12.8 Å². The first kappa shape index (κ1) is 8.69. The number of rotatable bonds is 0. The maximum Gasteiger partial charge on any atom is 0.102 e. The Bertz CT molecular complexity index is 302. The van der Waals surface area contributed by atoms with Crippen LogP contribution in [0, 0.1) is 5.41 Å². The van der Waals surface area contributed by atoms with Gasteiger partial charge in [-0.05, 0) is 33.0 Å². The Morgan fingerprint density at radius 1 is 0.929 bits per heavy atom. The Hall–Kier alpha value is -0.600. The summed E-state index contributed by atoms with van der Waals surface area (Å²) in [5, 5.41) is 0. The molecule has 76 valence electrons. The molecule has 0 N–H and O–H groups in total. The van der Waals surface area contributed by atoms with Crippen LogP contribution in [0.5, 0.6) is 0 Å². The summed E-state index contributed by atoms with van der Waals surface area (Å²) in [6, 6.07) is 0. The zero-order valence-electron chi connectivity index (χ0n) is 9.03. The first-order valence-corrected chi connectivity index (χ1v) is 5.51. The Kier molecular flexibility index (Phi) is 1.55. The van der Waals surface area contributed by atoms with Crippen molar-refractivity contribution in [3.63, 3.8) is 0 Å². The molecule has 14 heavy (non-hydrogen) atoms. The topological polar surface area (TPSA) is 6.48 Å². The van der Waals surface area contributed by atoms with Crippen molar-refractivity contribution in [1.29, 1.82) is 0 Å². The molecule has 1 saturated heterocycles. The summed E-state index contributed by atoms with van der Waals surface area (Å²) >= 11 is 0. The molecule has 1 heterocycles. The highest BCUT2D eigenvalue weighted by Gasteiger charge is 2.62. The lowest BCUT2D eigenvalue weighted by Crippen LogP contribution is -2.56. The Morgan fingerprint density at radius 2 is 1.50 bits per heavy atom. The molecule has 1 aliphatic heterocycles. The lowest BCUT2D eigenvalue weighted by molar-refractivity contribution is 0.0415. The van der Waals surface area contributed by atoms with E-state index in [1.165, 1.54) is 25.9 Å². The second-order valence-corrected chi connectivity index (χ2v) is 4.94. The summed E-state index contributed by atoms with van der Waals surface area (Å²) in [6.07, 6.45) is 11.9. The van der Waals surface area contributed by atoms with Crippen LogP contribution in [0.25, 0.3) is 0 Å². The maximum absolute atomic E-state index is 2.51. The van der Waals surface area contributed by atoms with Crippen LogP contribution in [-0.2, 0) is 0 Å². The van der Waals surface area contributed by atoms with Crippen molar-refractivity contribution in [2.24, 2.45) is 5.41 Å². The van der Waals surface area contributed by atoms with Crippen LogP contribution in [0.4, 0.5) is 0 Å². The molecule has 3 aliphatic rings. The third kappa shape index (κ3) is 0.794. The quantitative estimate of drug-likeness (QED) is 0.570. The standard InChI is InChI=1S/C12H18N2/c1-13-9-10-14(2)12(13)6-4-3-5-11(12)7-8-11/h3-6H,7-10H2,1-2H3. The molecular formula is C12H18N2. The summed E-state index contributed by atoms with van der Waals surface area (Å²) < 4.78 is 0. The van der Waals surface area contributed by atoms with Crippen molar-refractivity contribution in [2.75, 3.05) is 27.2 Å². The normalized spacial score (nSPS) is 33.3. The zero-order chi connectivity index (χ0) is 9.81. The fourth-order valence-electron chi connectivity index (χ4n) is 3.33. The summed E-state index contributed by atoms with van der Waals surface area (Å²) in [4.78, 5) is 5.03. The second kappa shape index (κ2) is 2.50. The molecule has 0 amide bonds. The minimum atomic E-state index is 0.196. The first-order chi connectivity index (χ1) is 6.71. The van der Waals surface area contributed by atoms with Crippen molar-refractivity contribution in [3.05, 3.63) is 24.3 Å². The van der Waals surface area contributed by atoms with Gasteiger partial charge < -0.3 is 0 Å². The van der Waals surface area contributed by atoms with Gasteiger partial charge in [-0.3, -0.25) is 9.80 Å². The highest BCUT2D eigenvalue weighted by Crippen LogP contribution is 2.61. The molecule has 0 atom stereocenters. The van der Waals surface area contributed by atoms with Gasteiger partial charge in [-0.2, -0.15) is 0 Å². The molecule has 3 rings (SSSR count). The molecule has 0 unspecified atom stereocenters. The first-order valence-electron chi connectivity index (χ1n) is 5.51. The molecule has 1 saturated carbocycles. The molecule has 2 nitrogen and oxygen atoms in total. The van der Waals surface area contributed by atoms with Crippen LogP contribution >= 0.6 is 0 Å². The van der Waals surface area contributed by atoms with E-state index in [0.717, 1.165) is 0 Å². The largest absolute Gasteiger partial charge is 0.283 e. The number of hydrogen-bond donors (Lipinski definition) is 0. The second-order valence-electron chi connectivity index (χ2n) is 4.94. The van der Waals surface area contributed by atoms with Crippen molar-refractivity contribution < 1.29 is 0 Å². The van der Waals surface area contributed by atoms with Gasteiger partial charge in [0.2, 0.25) is 0 Å². The average molecular weight is 190 g/mol. The van der Waals surface area contributed by atoms with Crippen molar-refractivity contribution in [2.45, 2.75) is 18.5 Å². The third-order valence-electron chi connectivity index (χ3n) is 4.31. The SMILES string of the molecule is CN1CCN(C)C12C=CC=CC21CC1. The van der Waals surface area contributed by atoms with Gasteiger partial charge in [0.15, 0.2) is 0 Å². The van der Waals surface area contributed by atoms with Crippen molar-refractivity contribution in [3.8, 4) is 0 Å². The van der Waals surface area contributed by atoms with E-state index in [4.69, 9.17) is 0 Å². The Morgan fingerprint density at radius 3 is 2.07 bits per heavy atom. The predicted octanol–water partition coefficient (Wildman–Crippen LogP) is 1.47. The van der Waals surface area contributed by atoms with Crippen LogP contribution in [-0.4, -0.2) is 42.6 Å². The molecule has 2 spiro atoms. The number of allylic oxidation sites excluding steroid dienone is 2. The van der Waals surface area contributed by atoms with E-state index in [1.54, 1.807) is 0 Å². The van der Waals surface area contributed by atoms with Gasteiger partial charge in [-0.25, -0.2) is 0 Å². The van der Waals surface area contributed by atoms with E-state index in [2.05, 4.69) is 48.2 Å². The van der Waals surface area contributed by atoms with E-state index < -0.39 is 0 Å². The molecular weight excluding hydrogens is 172 g/mol. The van der Waals surface area contributed by atoms with E-state index >= 15 is 0 Å². The highest BCUT2D eigenvalue weighted by atomic mass is 15.5. The molecule has 0 aromatic heterocycles. The van der Waals surface area contributed by atoms with Crippen LogP contribution in [0.15, 0.2) is 24.3 Å². The third-order valence-corrected chi connectivity index (χ3v) is 4.31. The van der Waals surface area contributed by atoms with Gasteiger partial charge in [-0.1, -0.05) is 18.2 Å². The summed E-state index contributed by atoms with van der Waals surface area (Å²) in [5.74, 6) is 0. The number of hydrogen-bond acceptors (Lipinski definition) is 2. The summed E-state index contributed by atoms with van der Waals surface area (Å²) in [5.41, 5.74) is 0.628. The van der Waals surface area contributed by atoms with Gasteiger partial charge in [-0.15, -0.1) is 0 Å². The Balaban J connectivity index is 2.09. The number of nitrogens with zero attached hydrogens (tertiary/aromatic N) is 2. The molecule has 0 aromatic carbocycles. The van der Waals surface area contributed by atoms with Gasteiger partial charge in [0.25, 0.3) is 0 Å². The predicted molar refractivity (Wildman–Crippen MR) is 57.9 cm³/mol. The monoisotopic (exact) mass is 190 g/mol. The van der Waals surface area contributed by atoms with E-state index in [9.17, 15) is 0 Å². The molecule has 0 bridgehead atoms. The smallest absolute Gasteiger partial charge is 0.102 e. The van der Waals surface area contributed by atoms with Crippen molar-refractivity contribution in [1.82, 2.24) is 9.80 Å². The van der Waals surface area contributed by atoms with Crippen LogP contribution in [0.2, 0.25) is 0 Å². The van der Waals surface area contributed by atoms with E-state index in [-0.39, 0.29) is 5.66 Å². The molecule has 0 aromatic rings. The van der Waals surface area contributed by atoms with E-state index in [1.807, 2.05) is 0 Å². The minimum Gasteiger partial charge on any atom is -0.283 e. The number of likely N-dealkylation sites (N-methyl/N-ethyl adjacent to an activating group) is 2. The Labute approximate surface area is 85.9 Å². The lowest BCUT2D eigenvalue weighted by atomic mass is 9.83. The average Bonchev–Trinajstić information content (AvgIpc) is 2.90. The minimum absolute atomic E-state index is 0.196. The highest BCUT2D eigenvalue weighted by molar-refractivity contribution is 5.35. The fourth-order valence-corrected chi connectivity index (χ4v) is 3.33. The van der Waals surface area contributed by atoms with Crippen LogP contribution < -0.4 is 0 Å². The van der Waals surface area contributed by atoms with Crippen LogP contribution in [0.3, 0.4) is 0 Å². The van der Waals surface area contributed by atoms with Gasteiger partial charge >= 0.3 is 0 Å². The van der Waals surface area contributed by atoms with Crippen molar-refractivity contribution >= 4 is 0 Å². The zero-order valence-corrected chi connectivity index (χ0v) is 9.03. The van der Waals surface area contributed by atoms with E-state index in [0.29, 0.717) is 5.41 Å². The molecule has 2 fully saturated rings. The molecule has 2 aliphatic carbocycles.